The third-order valence-corrected chi connectivity index (χ3v) is 9.96. The summed E-state index contributed by atoms with van der Waals surface area (Å²) < 4.78 is 1.82. The molecule has 0 saturated heterocycles. The van der Waals surface area contributed by atoms with E-state index in [1.807, 2.05) is 7.80 Å². The minimum absolute atomic E-state index is 0. The van der Waals surface area contributed by atoms with Gasteiger partial charge in [-0.1, -0.05) is 0 Å². The van der Waals surface area contributed by atoms with Gasteiger partial charge in [-0.2, -0.15) is 0 Å². The van der Waals surface area contributed by atoms with E-state index in [1.165, 1.54) is 6.42 Å². The zero-order chi connectivity index (χ0) is 11.1. The fourth-order valence-corrected chi connectivity index (χ4v) is 14.1. The quantitative estimate of drug-likeness (QED) is 0.463. The predicted molar refractivity (Wildman–Crippen MR) is 80.9 cm³/mol. The van der Waals surface area contributed by atoms with Crippen molar-refractivity contribution >= 4 is 41.0 Å². The van der Waals surface area contributed by atoms with E-state index in [-0.39, 0.29) is 24.8 Å². The zero-order valence-corrected chi connectivity index (χ0v) is 18.9. The largest absolute Gasteiger partial charge is 0.147 e. The molecule has 1 aliphatic rings. The summed E-state index contributed by atoms with van der Waals surface area (Å²) in [6.45, 7) is 15.0. The van der Waals surface area contributed by atoms with Crippen molar-refractivity contribution in [2.75, 3.05) is 0 Å². The standard InChI is InChI=1S/C11H21Si2.2ClH.U/c1-12(2,3)10-8-7-9-11(10)13(4,5)6;;;/h8H,7H2,1-6H3;2*1H;. The number of halogens is 2. The Kier molecular flexibility index (Phi) is 8.24. The van der Waals surface area contributed by atoms with Gasteiger partial charge in [0, 0.05) is 0 Å². The molecule has 1 rings (SSSR count). The minimum Gasteiger partial charge on any atom is -0.147 e. The molecule has 0 aromatic rings. The second-order valence-corrected chi connectivity index (χ2v) is 18.7. The Bertz CT molecular complexity index is 309. The maximum Gasteiger partial charge on any atom is -0.147 e. The van der Waals surface area contributed by atoms with Crippen LogP contribution in [0.25, 0.3) is 0 Å². The fraction of sp³-hybridized carbons (Fsp3) is 0.636. The van der Waals surface area contributed by atoms with E-state index in [9.17, 15) is 0 Å². The maximum absolute atomic E-state index is 2.55. The molecule has 0 fully saturated rings. The summed E-state index contributed by atoms with van der Waals surface area (Å²) >= 11 is 1.05. The van der Waals surface area contributed by atoms with Crippen LogP contribution in [0.3, 0.4) is 0 Å². The van der Waals surface area contributed by atoms with Crippen LogP contribution >= 0.6 is 24.8 Å². The van der Waals surface area contributed by atoms with E-state index in [1.54, 1.807) is 5.20 Å². The normalized spacial score (nSPS) is 16.6. The number of hydrogen-bond acceptors (Lipinski definition) is 0. The van der Waals surface area contributed by atoms with Crippen LogP contribution in [0.4, 0.5) is 0 Å². The molecule has 0 nitrogen and oxygen atoms in total. The van der Waals surface area contributed by atoms with E-state index >= 15 is 0 Å². The SMILES string of the molecule is C[Si](C)(C)C1=CC[C]([U])=C1[Si](C)(C)C.Cl.Cl. The number of allylic oxidation sites excluding steroid dienone is 4. The molecule has 0 radical (unpaired) electrons. The molecule has 0 saturated carbocycles. The van der Waals surface area contributed by atoms with Gasteiger partial charge in [0.2, 0.25) is 0 Å². The van der Waals surface area contributed by atoms with Crippen molar-refractivity contribution in [3.05, 3.63) is 19.1 Å². The van der Waals surface area contributed by atoms with Gasteiger partial charge >= 0.3 is 110 Å². The third-order valence-electron chi connectivity index (χ3n) is 2.64. The van der Waals surface area contributed by atoms with Crippen molar-refractivity contribution < 1.29 is 29.4 Å². The van der Waals surface area contributed by atoms with E-state index < -0.39 is 16.1 Å². The van der Waals surface area contributed by atoms with E-state index in [0.29, 0.717) is 0 Å². The second-order valence-electron chi connectivity index (χ2n) is 6.18. The molecule has 0 N–H and O–H groups in total. The summed E-state index contributed by atoms with van der Waals surface area (Å²) in [6, 6.07) is 0. The topological polar surface area (TPSA) is 0 Å². The summed E-state index contributed by atoms with van der Waals surface area (Å²) in [4.78, 5) is 0. The Morgan fingerprint density at radius 2 is 1.38 bits per heavy atom. The molecule has 0 heterocycles. The van der Waals surface area contributed by atoms with Crippen LogP contribution in [-0.4, -0.2) is 16.1 Å². The van der Waals surface area contributed by atoms with Crippen LogP contribution in [0.2, 0.25) is 39.3 Å². The smallest absolute Gasteiger partial charge is 0.147 e. The van der Waals surface area contributed by atoms with Gasteiger partial charge in [-0.25, -0.2) is 0 Å². The van der Waals surface area contributed by atoms with Crippen LogP contribution < -0.4 is 0 Å². The van der Waals surface area contributed by atoms with Gasteiger partial charge in [0.05, 0.1) is 0 Å². The first-order chi connectivity index (χ1) is 6.14. The molecule has 0 atom stereocenters. The summed E-state index contributed by atoms with van der Waals surface area (Å²) in [7, 11) is -2.15. The Balaban J connectivity index is 0. The van der Waals surface area contributed by atoms with Crippen LogP contribution in [0, 0.1) is 29.4 Å². The van der Waals surface area contributed by atoms with Crippen molar-refractivity contribution in [2.24, 2.45) is 0 Å². The monoisotopic (exact) mass is 519 g/mol. The Hall–Kier alpha value is 1.55. The number of rotatable bonds is 2. The molecule has 0 aromatic carbocycles. The number of hydrogen-bond donors (Lipinski definition) is 0. The van der Waals surface area contributed by atoms with Crippen LogP contribution in [-0.2, 0) is 0 Å². The van der Waals surface area contributed by atoms with E-state index in [4.69, 9.17) is 0 Å². The molecule has 0 bridgehead atoms. The molecule has 93 valence electrons. The van der Waals surface area contributed by atoms with Gasteiger partial charge in [0.25, 0.3) is 0 Å². The Labute approximate surface area is 134 Å². The third kappa shape index (κ3) is 4.67. The second kappa shape index (κ2) is 6.64. The van der Waals surface area contributed by atoms with Gasteiger partial charge in [-0.15, -0.1) is 24.8 Å². The van der Waals surface area contributed by atoms with Crippen LogP contribution in [0.1, 0.15) is 6.42 Å². The minimum atomic E-state index is -1.07. The first kappa shape index (κ1) is 19.9. The summed E-state index contributed by atoms with van der Waals surface area (Å²) in [6.07, 6.45) is 3.85. The van der Waals surface area contributed by atoms with Gasteiger partial charge < -0.3 is 0 Å². The molecule has 0 unspecified atom stereocenters. The van der Waals surface area contributed by atoms with Gasteiger partial charge in [0.15, 0.2) is 0 Å². The molecule has 1 aliphatic carbocycles. The Morgan fingerprint density at radius 1 is 0.938 bits per heavy atom. The molecular formula is C11H23Cl2Si2U. The molecular weight excluding hydrogens is 497 g/mol. The summed E-state index contributed by atoms with van der Waals surface area (Å²) in [5.74, 6) is 0. The van der Waals surface area contributed by atoms with Crippen molar-refractivity contribution in [1.82, 2.24) is 0 Å². The molecule has 0 spiro atoms. The first-order valence-electron chi connectivity index (χ1n) is 5.30. The molecule has 5 heteroatoms. The first-order valence-corrected chi connectivity index (χ1v) is 14.4. The van der Waals surface area contributed by atoms with Gasteiger partial charge in [-0.05, 0) is 0 Å². The predicted octanol–water partition coefficient (Wildman–Crippen LogP) is 4.72. The molecule has 16 heavy (non-hydrogen) atoms. The van der Waals surface area contributed by atoms with Crippen molar-refractivity contribution in [2.45, 2.75) is 45.7 Å². The summed E-state index contributed by atoms with van der Waals surface area (Å²) in [5.41, 5.74) is 0. The molecule has 0 aromatic heterocycles. The zero-order valence-electron chi connectivity index (χ0n) is 11.1. The van der Waals surface area contributed by atoms with Crippen LogP contribution in [0.15, 0.2) is 19.1 Å². The van der Waals surface area contributed by atoms with Crippen LogP contribution in [0.5, 0.6) is 0 Å². The van der Waals surface area contributed by atoms with E-state index in [0.717, 1.165) is 29.4 Å². The van der Waals surface area contributed by atoms with Gasteiger partial charge in [-0.3, -0.25) is 0 Å². The average molecular weight is 520 g/mol. The molecule has 0 aliphatic heterocycles. The van der Waals surface area contributed by atoms with Crippen molar-refractivity contribution in [3.8, 4) is 0 Å². The maximum atomic E-state index is 2.55. The fourth-order valence-electron chi connectivity index (χ4n) is 2.11. The molecule has 0 amide bonds. The Morgan fingerprint density at radius 3 is 1.62 bits per heavy atom. The van der Waals surface area contributed by atoms with Gasteiger partial charge in [0.1, 0.15) is 0 Å². The van der Waals surface area contributed by atoms with Crippen molar-refractivity contribution in [3.63, 3.8) is 0 Å². The van der Waals surface area contributed by atoms with Crippen molar-refractivity contribution in [1.29, 1.82) is 0 Å². The van der Waals surface area contributed by atoms with E-state index in [2.05, 4.69) is 45.4 Å². The average Bonchev–Trinajstić information content (AvgIpc) is 2.27. The summed E-state index contributed by atoms with van der Waals surface area (Å²) in [5, 5.41) is 3.66.